The van der Waals surface area contributed by atoms with Gasteiger partial charge in [0.05, 0.1) is 5.60 Å². The number of halogens is 1. The van der Waals surface area contributed by atoms with E-state index in [-0.39, 0.29) is 11.3 Å². The number of ether oxygens (including phenoxy) is 1. The van der Waals surface area contributed by atoms with E-state index >= 15 is 0 Å². The average molecular weight is 521 g/mol. The quantitative estimate of drug-likeness (QED) is 0.307. The summed E-state index contributed by atoms with van der Waals surface area (Å²) in [6.07, 6.45) is 5.50. The van der Waals surface area contributed by atoms with Gasteiger partial charge in [0.15, 0.2) is 11.6 Å². The average Bonchev–Trinajstić information content (AvgIpc) is 3.27. The first-order valence-corrected chi connectivity index (χ1v) is 13.6. The van der Waals surface area contributed by atoms with Gasteiger partial charge in [-0.1, -0.05) is 18.6 Å². The standard InChI is InChI=1S/C30H33FN2O3S/c1-19-8-10-27(25(31)14-19)36-26-11-9-20(30(2,3)35)15-22(26)24-18-32(4)29(34)28-23(24)16-21(37-28)17-33-12-6-5-7-13-33/h8-11,14-16,18,35H,5-7,12-13,17H2,1-4H3. The molecule has 0 atom stereocenters. The van der Waals surface area contributed by atoms with Crippen molar-refractivity contribution < 1.29 is 14.2 Å². The number of piperidine rings is 1. The molecule has 0 radical (unpaired) electrons. The number of likely N-dealkylation sites (tertiary alicyclic amines) is 1. The number of hydrogen-bond donors (Lipinski definition) is 1. The number of thiophene rings is 1. The van der Waals surface area contributed by atoms with Crippen molar-refractivity contribution in [1.29, 1.82) is 0 Å². The summed E-state index contributed by atoms with van der Waals surface area (Å²) in [6.45, 7) is 8.26. The molecule has 0 saturated carbocycles. The topological polar surface area (TPSA) is 54.7 Å². The summed E-state index contributed by atoms with van der Waals surface area (Å²) < 4.78 is 23.1. The third-order valence-electron chi connectivity index (χ3n) is 7.02. The highest BCUT2D eigenvalue weighted by molar-refractivity contribution is 7.19. The van der Waals surface area contributed by atoms with Gasteiger partial charge in [-0.3, -0.25) is 9.69 Å². The van der Waals surface area contributed by atoms with Crippen molar-refractivity contribution in [3.8, 4) is 22.6 Å². The lowest BCUT2D eigenvalue weighted by molar-refractivity contribution is 0.0786. The van der Waals surface area contributed by atoms with Crippen molar-refractivity contribution in [2.24, 2.45) is 7.05 Å². The van der Waals surface area contributed by atoms with Crippen molar-refractivity contribution in [3.63, 3.8) is 0 Å². The molecule has 194 valence electrons. The Kier molecular flexibility index (Phi) is 6.96. The van der Waals surface area contributed by atoms with Gasteiger partial charge in [0.25, 0.3) is 5.56 Å². The maximum atomic E-state index is 14.7. The number of fused-ring (bicyclic) bond motifs is 1. The van der Waals surface area contributed by atoms with Crippen LogP contribution in [0, 0.1) is 12.7 Å². The van der Waals surface area contributed by atoms with E-state index in [2.05, 4.69) is 11.0 Å². The van der Waals surface area contributed by atoms with Gasteiger partial charge < -0.3 is 14.4 Å². The highest BCUT2D eigenvalue weighted by Gasteiger charge is 2.23. The van der Waals surface area contributed by atoms with E-state index in [9.17, 15) is 14.3 Å². The van der Waals surface area contributed by atoms with Gasteiger partial charge in [-0.2, -0.15) is 0 Å². The van der Waals surface area contributed by atoms with Crippen molar-refractivity contribution >= 4 is 21.4 Å². The molecule has 0 unspecified atom stereocenters. The number of rotatable bonds is 6. The van der Waals surface area contributed by atoms with Gasteiger partial charge in [0.1, 0.15) is 10.4 Å². The molecule has 2 aromatic heterocycles. The zero-order chi connectivity index (χ0) is 26.3. The maximum absolute atomic E-state index is 14.7. The Morgan fingerprint density at radius 1 is 1.03 bits per heavy atom. The van der Waals surface area contributed by atoms with E-state index in [4.69, 9.17) is 4.74 Å². The van der Waals surface area contributed by atoms with Gasteiger partial charge in [-0.05, 0) is 88.2 Å². The summed E-state index contributed by atoms with van der Waals surface area (Å²) in [4.78, 5) is 16.7. The molecule has 0 bridgehead atoms. The van der Waals surface area contributed by atoms with E-state index in [0.29, 0.717) is 21.6 Å². The van der Waals surface area contributed by atoms with Gasteiger partial charge in [-0.25, -0.2) is 4.39 Å². The molecular formula is C30H33FN2O3S. The number of aromatic nitrogens is 1. The third kappa shape index (κ3) is 5.35. The van der Waals surface area contributed by atoms with Gasteiger partial charge in [0.2, 0.25) is 0 Å². The zero-order valence-electron chi connectivity index (χ0n) is 21.8. The van der Waals surface area contributed by atoms with Crippen molar-refractivity contribution in [2.75, 3.05) is 13.1 Å². The molecule has 4 aromatic rings. The fourth-order valence-electron chi connectivity index (χ4n) is 4.93. The first kappa shape index (κ1) is 25.6. The minimum atomic E-state index is -1.09. The SMILES string of the molecule is Cc1ccc(Oc2ccc(C(C)(C)O)cc2-c2cn(C)c(=O)c3sc(CN4CCCCC4)cc23)c(F)c1. The lowest BCUT2D eigenvalue weighted by Crippen LogP contribution is -2.28. The Morgan fingerprint density at radius 2 is 1.76 bits per heavy atom. The fraction of sp³-hybridized carbons (Fsp3) is 0.367. The van der Waals surface area contributed by atoms with E-state index < -0.39 is 11.4 Å². The molecule has 1 aliphatic rings. The highest BCUT2D eigenvalue weighted by atomic mass is 32.1. The van der Waals surface area contributed by atoms with Crippen LogP contribution >= 0.6 is 11.3 Å². The summed E-state index contributed by atoms with van der Waals surface area (Å²) in [5.41, 5.74) is 1.89. The van der Waals surface area contributed by atoms with E-state index in [1.165, 1.54) is 36.7 Å². The first-order valence-electron chi connectivity index (χ1n) is 12.8. The smallest absolute Gasteiger partial charge is 0.268 e. The molecule has 0 spiro atoms. The lowest BCUT2D eigenvalue weighted by atomic mass is 9.93. The van der Waals surface area contributed by atoms with Crippen molar-refractivity contribution in [2.45, 2.75) is 52.2 Å². The van der Waals surface area contributed by atoms with Crippen LogP contribution in [-0.2, 0) is 19.2 Å². The summed E-state index contributed by atoms with van der Waals surface area (Å²) in [5, 5.41) is 11.6. The van der Waals surface area contributed by atoms with Crippen LogP contribution in [0.1, 0.15) is 49.1 Å². The Labute approximate surface area is 220 Å². The second kappa shape index (κ2) is 10.0. The zero-order valence-corrected chi connectivity index (χ0v) is 22.6. The highest BCUT2D eigenvalue weighted by Crippen LogP contribution is 2.41. The number of pyridine rings is 1. The Balaban J connectivity index is 1.66. The second-order valence-electron chi connectivity index (χ2n) is 10.6. The minimum Gasteiger partial charge on any atom is -0.454 e. The molecule has 5 rings (SSSR count). The molecule has 1 aliphatic heterocycles. The van der Waals surface area contributed by atoms with Crippen LogP contribution in [0.25, 0.3) is 21.2 Å². The summed E-state index contributed by atoms with van der Waals surface area (Å²) >= 11 is 1.54. The molecule has 7 heteroatoms. The minimum absolute atomic E-state index is 0.0423. The van der Waals surface area contributed by atoms with Crippen LogP contribution in [0.15, 0.2) is 53.5 Å². The van der Waals surface area contributed by atoms with Gasteiger partial charge in [-0.15, -0.1) is 11.3 Å². The predicted octanol–water partition coefficient (Wildman–Crippen LogP) is 6.72. The number of benzene rings is 2. The van der Waals surface area contributed by atoms with Crippen LogP contribution in [-0.4, -0.2) is 27.7 Å². The second-order valence-corrected chi connectivity index (χ2v) is 11.7. The monoisotopic (exact) mass is 520 g/mol. The fourth-order valence-corrected chi connectivity index (χ4v) is 6.13. The summed E-state index contributed by atoms with van der Waals surface area (Å²) in [6, 6.07) is 12.4. The molecule has 3 heterocycles. The molecular weight excluding hydrogens is 487 g/mol. The van der Waals surface area contributed by atoms with Crippen LogP contribution in [0.5, 0.6) is 11.5 Å². The molecule has 0 aliphatic carbocycles. The predicted molar refractivity (Wildman–Crippen MR) is 148 cm³/mol. The van der Waals surface area contributed by atoms with Crippen LogP contribution in [0.2, 0.25) is 0 Å². The van der Waals surface area contributed by atoms with Crippen LogP contribution in [0.4, 0.5) is 4.39 Å². The molecule has 1 fully saturated rings. The van der Waals surface area contributed by atoms with E-state index in [1.54, 1.807) is 49.7 Å². The molecule has 2 aromatic carbocycles. The number of aryl methyl sites for hydroxylation is 2. The number of hydrogen-bond acceptors (Lipinski definition) is 5. The Hall–Kier alpha value is -3.00. The van der Waals surface area contributed by atoms with Gasteiger partial charge in [0, 0.05) is 41.2 Å². The van der Waals surface area contributed by atoms with Crippen LogP contribution < -0.4 is 10.3 Å². The Bertz CT molecular complexity index is 1510. The number of nitrogens with zero attached hydrogens (tertiary/aromatic N) is 2. The molecule has 0 amide bonds. The molecule has 1 N–H and O–H groups in total. The molecule has 5 nitrogen and oxygen atoms in total. The van der Waals surface area contributed by atoms with E-state index in [1.807, 2.05) is 19.2 Å². The molecule has 37 heavy (non-hydrogen) atoms. The third-order valence-corrected chi connectivity index (χ3v) is 8.13. The normalized spacial score (nSPS) is 14.9. The van der Waals surface area contributed by atoms with Crippen molar-refractivity contribution in [1.82, 2.24) is 9.47 Å². The molecule has 1 saturated heterocycles. The van der Waals surface area contributed by atoms with Crippen LogP contribution in [0.3, 0.4) is 0 Å². The first-order chi connectivity index (χ1) is 17.6. The summed E-state index contributed by atoms with van der Waals surface area (Å²) in [7, 11) is 1.75. The maximum Gasteiger partial charge on any atom is 0.268 e. The van der Waals surface area contributed by atoms with E-state index in [0.717, 1.165) is 41.0 Å². The summed E-state index contributed by atoms with van der Waals surface area (Å²) in [5.74, 6) is 0.141. The van der Waals surface area contributed by atoms with Gasteiger partial charge >= 0.3 is 0 Å². The largest absolute Gasteiger partial charge is 0.454 e. The number of aliphatic hydroxyl groups is 1. The lowest BCUT2D eigenvalue weighted by Gasteiger charge is -2.25. The van der Waals surface area contributed by atoms with Crippen molar-refractivity contribution in [3.05, 3.63) is 80.8 Å². The Morgan fingerprint density at radius 3 is 2.46 bits per heavy atom.